The van der Waals surface area contributed by atoms with Crippen LogP contribution in [0.15, 0.2) is 0 Å². The predicted molar refractivity (Wildman–Crippen MR) is 44.4 cm³/mol. The molecule has 3 nitrogen and oxygen atoms in total. The molecule has 1 rings (SSSR count). The summed E-state index contributed by atoms with van der Waals surface area (Å²) in [5, 5.41) is 2.27. The summed E-state index contributed by atoms with van der Waals surface area (Å²) in [4.78, 5) is 10.9. The van der Waals surface area contributed by atoms with E-state index in [4.69, 9.17) is 5.73 Å². The zero-order valence-corrected chi connectivity index (χ0v) is 7.52. The summed E-state index contributed by atoms with van der Waals surface area (Å²) in [6, 6.07) is -0.0968. The van der Waals surface area contributed by atoms with E-state index in [1.54, 1.807) is 0 Å². The minimum absolute atomic E-state index is 0.0561. The highest BCUT2D eigenvalue weighted by Gasteiger charge is 2.39. The molecule has 0 aliphatic heterocycles. The highest BCUT2D eigenvalue weighted by Crippen LogP contribution is 2.22. The Morgan fingerprint density at radius 2 is 2.15 bits per heavy atom. The van der Waals surface area contributed by atoms with Crippen LogP contribution in [0.4, 0.5) is 8.78 Å². The van der Waals surface area contributed by atoms with Crippen molar-refractivity contribution in [2.45, 2.75) is 44.2 Å². The van der Waals surface area contributed by atoms with E-state index in [1.807, 2.05) is 0 Å². The van der Waals surface area contributed by atoms with E-state index < -0.39 is 18.3 Å². The molecule has 0 heterocycles. The lowest BCUT2D eigenvalue weighted by atomic mass is 9.87. The van der Waals surface area contributed by atoms with Crippen molar-refractivity contribution in [2.75, 3.05) is 0 Å². The van der Waals surface area contributed by atoms with Gasteiger partial charge in [0.05, 0.1) is 0 Å². The fraction of sp³-hybridized carbons (Fsp3) is 0.875. The normalized spacial score (nSPS) is 28.0. The largest absolute Gasteiger partial charge is 0.348 e. The molecule has 0 unspecified atom stereocenters. The molecule has 1 aliphatic rings. The van der Waals surface area contributed by atoms with Crippen molar-refractivity contribution >= 4 is 5.91 Å². The van der Waals surface area contributed by atoms with Crippen LogP contribution in [0.5, 0.6) is 0 Å². The topological polar surface area (TPSA) is 55.1 Å². The first-order valence-corrected chi connectivity index (χ1v) is 4.40. The number of amides is 1. The highest BCUT2D eigenvalue weighted by atomic mass is 19.3. The van der Waals surface area contributed by atoms with E-state index in [9.17, 15) is 13.6 Å². The molecule has 0 radical (unpaired) electrons. The maximum absolute atomic E-state index is 12.7. The molecule has 0 spiro atoms. The molecule has 0 aromatic rings. The van der Waals surface area contributed by atoms with E-state index in [2.05, 4.69) is 5.32 Å². The van der Waals surface area contributed by atoms with Gasteiger partial charge in [0.1, 0.15) is 0 Å². The maximum Gasteiger partial charge on any atom is 0.324 e. The molecule has 0 atom stereocenters. The van der Waals surface area contributed by atoms with Crippen molar-refractivity contribution in [3.63, 3.8) is 0 Å². The minimum Gasteiger partial charge on any atom is -0.348 e. The lowest BCUT2D eigenvalue weighted by molar-refractivity contribution is -0.147. The number of carbonyl (C=O) groups is 1. The zero-order valence-electron chi connectivity index (χ0n) is 7.52. The predicted octanol–water partition coefficient (Wildman–Crippen LogP) is 0.638. The Bertz CT molecular complexity index is 202. The summed E-state index contributed by atoms with van der Waals surface area (Å²) in [7, 11) is 0. The molecule has 1 amide bonds. The number of hydrogen-bond donors (Lipinski definition) is 2. The molecule has 5 heteroatoms. The summed E-state index contributed by atoms with van der Waals surface area (Å²) in [5.41, 5.74) is 5.45. The minimum atomic E-state index is -3.24. The highest BCUT2D eigenvalue weighted by molar-refractivity contribution is 5.83. The number of nitrogens with one attached hydrogen (secondary N) is 1. The van der Waals surface area contributed by atoms with Gasteiger partial charge in [-0.05, 0) is 12.8 Å². The summed E-state index contributed by atoms with van der Waals surface area (Å²) in [6.45, 7) is 1.28. The van der Waals surface area contributed by atoms with E-state index in [0.717, 1.165) is 0 Å². The van der Waals surface area contributed by atoms with Crippen molar-refractivity contribution in [2.24, 2.45) is 5.73 Å². The van der Waals surface area contributed by atoms with Gasteiger partial charge in [0.25, 0.3) is 5.91 Å². The molecule has 0 saturated heterocycles. The Morgan fingerprint density at radius 3 is 2.54 bits per heavy atom. The first-order valence-electron chi connectivity index (χ1n) is 4.40. The molecule has 0 aromatic heterocycles. The van der Waals surface area contributed by atoms with Crippen molar-refractivity contribution < 1.29 is 13.6 Å². The average Bonchev–Trinajstić information content (AvgIpc) is 2.01. The monoisotopic (exact) mass is 192 g/mol. The number of halogens is 2. The van der Waals surface area contributed by atoms with Gasteiger partial charge in [-0.15, -0.1) is 0 Å². The Morgan fingerprint density at radius 1 is 1.62 bits per heavy atom. The molecule has 1 fully saturated rings. The Balaban J connectivity index is 2.33. The molecule has 76 valence electrons. The van der Waals surface area contributed by atoms with Gasteiger partial charge in [-0.25, -0.2) is 0 Å². The smallest absolute Gasteiger partial charge is 0.324 e. The van der Waals surface area contributed by atoms with E-state index in [0.29, 0.717) is 12.8 Å². The summed E-state index contributed by atoms with van der Waals surface area (Å²) < 4.78 is 25.4. The molecule has 0 aromatic carbocycles. The van der Waals surface area contributed by atoms with Crippen LogP contribution in [0.1, 0.15) is 26.2 Å². The molecular weight excluding hydrogens is 178 g/mol. The quantitative estimate of drug-likeness (QED) is 0.689. The summed E-state index contributed by atoms with van der Waals surface area (Å²) in [5.74, 6) is -4.41. The fourth-order valence-corrected chi connectivity index (χ4v) is 1.23. The molecular formula is C8H14F2N2O. The lowest BCUT2D eigenvalue weighted by Crippen LogP contribution is -2.54. The lowest BCUT2D eigenvalue weighted by Gasteiger charge is -2.33. The van der Waals surface area contributed by atoms with Crippen LogP contribution in [0, 0.1) is 0 Å². The van der Waals surface area contributed by atoms with Gasteiger partial charge in [0.15, 0.2) is 0 Å². The third kappa shape index (κ3) is 2.37. The van der Waals surface area contributed by atoms with Crippen LogP contribution in [0.3, 0.4) is 0 Å². The third-order valence-corrected chi connectivity index (χ3v) is 2.29. The zero-order chi connectivity index (χ0) is 10.1. The van der Waals surface area contributed by atoms with Crippen molar-refractivity contribution in [3.8, 4) is 0 Å². The third-order valence-electron chi connectivity index (χ3n) is 2.29. The van der Waals surface area contributed by atoms with Crippen LogP contribution in [-0.4, -0.2) is 23.9 Å². The molecule has 3 N–H and O–H groups in total. The second-order valence-corrected chi connectivity index (χ2v) is 3.46. The summed E-state index contributed by atoms with van der Waals surface area (Å²) in [6.07, 6.45) is 0.745. The first kappa shape index (κ1) is 10.4. The van der Waals surface area contributed by atoms with Crippen LogP contribution in [-0.2, 0) is 4.79 Å². The molecule has 13 heavy (non-hydrogen) atoms. The van der Waals surface area contributed by atoms with Crippen molar-refractivity contribution in [1.29, 1.82) is 0 Å². The van der Waals surface area contributed by atoms with Gasteiger partial charge in [-0.3, -0.25) is 4.79 Å². The van der Waals surface area contributed by atoms with Gasteiger partial charge < -0.3 is 11.1 Å². The van der Waals surface area contributed by atoms with Crippen LogP contribution in [0.25, 0.3) is 0 Å². The molecule has 1 saturated carbocycles. The maximum atomic E-state index is 12.7. The van der Waals surface area contributed by atoms with Crippen molar-refractivity contribution in [3.05, 3.63) is 0 Å². The molecule has 0 bridgehead atoms. The number of nitrogens with two attached hydrogens (primary N) is 1. The second-order valence-electron chi connectivity index (χ2n) is 3.46. The average molecular weight is 192 g/mol. The number of rotatable bonds is 3. The number of carbonyl (C=O) groups excluding carboxylic acids is 1. The summed E-state index contributed by atoms with van der Waals surface area (Å²) >= 11 is 0. The fourth-order valence-electron chi connectivity index (χ4n) is 1.23. The van der Waals surface area contributed by atoms with Gasteiger partial charge in [-0.1, -0.05) is 6.92 Å². The standard InChI is InChI=1S/C8H14F2N2O/c1-2-8(9,10)7(13)12-6-3-5(11)4-6/h5-6H,2-4,11H2,1H3,(H,12,13). The van der Waals surface area contributed by atoms with Crippen molar-refractivity contribution in [1.82, 2.24) is 5.32 Å². The second kappa shape index (κ2) is 3.57. The van der Waals surface area contributed by atoms with Crippen LogP contribution >= 0.6 is 0 Å². The number of alkyl halides is 2. The van der Waals surface area contributed by atoms with E-state index in [1.165, 1.54) is 6.92 Å². The Kier molecular flexibility index (Phi) is 2.85. The van der Waals surface area contributed by atoms with Gasteiger partial charge in [0.2, 0.25) is 0 Å². The van der Waals surface area contributed by atoms with E-state index in [-0.39, 0.29) is 12.1 Å². The SMILES string of the molecule is CCC(F)(F)C(=O)NC1CC(N)C1. The van der Waals surface area contributed by atoms with Crippen LogP contribution < -0.4 is 11.1 Å². The Labute approximate surface area is 75.7 Å². The van der Waals surface area contributed by atoms with Crippen LogP contribution in [0.2, 0.25) is 0 Å². The molecule has 1 aliphatic carbocycles. The van der Waals surface area contributed by atoms with Gasteiger partial charge in [0, 0.05) is 18.5 Å². The van der Waals surface area contributed by atoms with Gasteiger partial charge >= 0.3 is 5.92 Å². The van der Waals surface area contributed by atoms with E-state index >= 15 is 0 Å². The number of hydrogen-bond acceptors (Lipinski definition) is 2. The van der Waals surface area contributed by atoms with Gasteiger partial charge in [-0.2, -0.15) is 8.78 Å². The Hall–Kier alpha value is -0.710. The first-order chi connectivity index (χ1) is 5.95.